The maximum Gasteiger partial charge on any atom is 0.239 e. The lowest BCUT2D eigenvalue weighted by atomic mass is 10.1. The van der Waals surface area contributed by atoms with Gasteiger partial charge in [0.2, 0.25) is 11.9 Å². The predicted octanol–water partition coefficient (Wildman–Crippen LogP) is 0.763. The topological polar surface area (TPSA) is 78.4 Å². The molecule has 0 aliphatic rings. The molecule has 2 rings (SSSR count). The molecule has 0 saturated carbocycles. The standard InChI is InChI=1S/C15H18N4O2/c1-19(15-16-8-5-9-17-15)11-14(21)18-10-13(20)12-6-3-2-4-7-12/h2-9,13,20H,10-11H2,1H3,(H,18,21). The number of hydrogen-bond acceptors (Lipinski definition) is 5. The van der Waals surface area contributed by atoms with Crippen molar-refractivity contribution in [2.45, 2.75) is 6.10 Å². The number of rotatable bonds is 6. The highest BCUT2D eigenvalue weighted by Gasteiger charge is 2.12. The number of carbonyl (C=O) groups is 1. The van der Waals surface area contributed by atoms with Gasteiger partial charge in [0, 0.05) is 26.0 Å². The van der Waals surface area contributed by atoms with E-state index in [2.05, 4.69) is 15.3 Å². The molecule has 1 aromatic carbocycles. The Kier molecular flexibility index (Phi) is 5.22. The zero-order valence-corrected chi connectivity index (χ0v) is 11.8. The van der Waals surface area contributed by atoms with E-state index in [9.17, 15) is 9.90 Å². The summed E-state index contributed by atoms with van der Waals surface area (Å²) in [6, 6.07) is 10.9. The molecule has 2 N–H and O–H groups in total. The molecule has 1 aromatic heterocycles. The molecule has 0 aliphatic heterocycles. The van der Waals surface area contributed by atoms with Crippen LogP contribution in [-0.4, -0.2) is 41.1 Å². The number of aliphatic hydroxyl groups is 1. The minimum absolute atomic E-state index is 0.130. The largest absolute Gasteiger partial charge is 0.387 e. The van der Waals surface area contributed by atoms with Crippen molar-refractivity contribution in [3.05, 3.63) is 54.4 Å². The fourth-order valence-electron chi connectivity index (χ4n) is 1.83. The highest BCUT2D eigenvalue weighted by Crippen LogP contribution is 2.10. The Morgan fingerprint density at radius 3 is 2.57 bits per heavy atom. The van der Waals surface area contributed by atoms with E-state index < -0.39 is 6.10 Å². The van der Waals surface area contributed by atoms with Gasteiger partial charge in [0.05, 0.1) is 12.6 Å². The monoisotopic (exact) mass is 286 g/mol. The first-order chi connectivity index (χ1) is 10.2. The Hall–Kier alpha value is -2.47. The maximum absolute atomic E-state index is 11.8. The zero-order chi connectivity index (χ0) is 15.1. The van der Waals surface area contributed by atoms with E-state index in [1.807, 2.05) is 30.3 Å². The Balaban J connectivity index is 1.80. The quantitative estimate of drug-likeness (QED) is 0.820. The number of nitrogens with zero attached hydrogens (tertiary/aromatic N) is 3. The van der Waals surface area contributed by atoms with E-state index in [4.69, 9.17) is 0 Å². The minimum Gasteiger partial charge on any atom is -0.387 e. The fraction of sp³-hybridized carbons (Fsp3) is 0.267. The molecular formula is C15H18N4O2. The van der Waals surface area contributed by atoms with Gasteiger partial charge in [-0.2, -0.15) is 0 Å². The summed E-state index contributed by atoms with van der Waals surface area (Å²) in [5.41, 5.74) is 0.776. The van der Waals surface area contributed by atoms with E-state index in [0.29, 0.717) is 5.95 Å². The van der Waals surface area contributed by atoms with Gasteiger partial charge in [-0.1, -0.05) is 30.3 Å². The first-order valence-corrected chi connectivity index (χ1v) is 6.64. The number of anilines is 1. The smallest absolute Gasteiger partial charge is 0.239 e. The molecule has 0 spiro atoms. The van der Waals surface area contributed by atoms with E-state index in [-0.39, 0.29) is 19.0 Å². The summed E-state index contributed by atoms with van der Waals surface area (Å²) < 4.78 is 0. The van der Waals surface area contributed by atoms with Crippen LogP contribution < -0.4 is 10.2 Å². The van der Waals surface area contributed by atoms with Gasteiger partial charge in [-0.3, -0.25) is 4.79 Å². The van der Waals surface area contributed by atoms with Crippen LogP contribution in [0, 0.1) is 0 Å². The van der Waals surface area contributed by atoms with Gasteiger partial charge in [0.25, 0.3) is 0 Å². The Bertz CT molecular complexity index is 562. The maximum atomic E-state index is 11.8. The van der Waals surface area contributed by atoms with Crippen molar-refractivity contribution in [1.82, 2.24) is 15.3 Å². The van der Waals surface area contributed by atoms with Crippen LogP contribution in [0.1, 0.15) is 11.7 Å². The number of carbonyl (C=O) groups excluding carboxylic acids is 1. The molecule has 6 heteroatoms. The first-order valence-electron chi connectivity index (χ1n) is 6.64. The van der Waals surface area contributed by atoms with Crippen molar-refractivity contribution >= 4 is 11.9 Å². The van der Waals surface area contributed by atoms with E-state index in [0.717, 1.165) is 5.56 Å². The van der Waals surface area contributed by atoms with Gasteiger partial charge >= 0.3 is 0 Å². The van der Waals surface area contributed by atoms with Crippen LogP contribution in [0.4, 0.5) is 5.95 Å². The number of amides is 1. The third kappa shape index (κ3) is 4.54. The number of benzene rings is 1. The summed E-state index contributed by atoms with van der Waals surface area (Å²) in [5, 5.41) is 12.7. The summed E-state index contributed by atoms with van der Waals surface area (Å²) in [6.07, 6.45) is 2.53. The highest BCUT2D eigenvalue weighted by molar-refractivity contribution is 5.80. The molecule has 21 heavy (non-hydrogen) atoms. The molecule has 0 bridgehead atoms. The minimum atomic E-state index is -0.714. The van der Waals surface area contributed by atoms with Crippen LogP contribution in [-0.2, 0) is 4.79 Å². The summed E-state index contributed by atoms with van der Waals surface area (Å²) in [7, 11) is 1.74. The van der Waals surface area contributed by atoms with Crippen molar-refractivity contribution in [2.24, 2.45) is 0 Å². The first kappa shape index (κ1) is 14.9. The molecule has 0 fully saturated rings. The number of likely N-dealkylation sites (N-methyl/N-ethyl adjacent to an activating group) is 1. The van der Waals surface area contributed by atoms with Gasteiger partial charge < -0.3 is 15.3 Å². The van der Waals surface area contributed by atoms with Crippen LogP contribution in [0.25, 0.3) is 0 Å². The summed E-state index contributed by atoms with van der Waals surface area (Å²) >= 11 is 0. The highest BCUT2D eigenvalue weighted by atomic mass is 16.3. The molecule has 2 aromatic rings. The fourth-order valence-corrected chi connectivity index (χ4v) is 1.83. The Morgan fingerprint density at radius 1 is 1.24 bits per heavy atom. The van der Waals surface area contributed by atoms with Crippen molar-refractivity contribution in [3.8, 4) is 0 Å². The van der Waals surface area contributed by atoms with Crippen LogP contribution in [0.2, 0.25) is 0 Å². The van der Waals surface area contributed by atoms with Crippen molar-refractivity contribution in [3.63, 3.8) is 0 Å². The second-order valence-corrected chi connectivity index (χ2v) is 4.64. The van der Waals surface area contributed by atoms with Crippen LogP contribution >= 0.6 is 0 Å². The second kappa shape index (κ2) is 7.35. The van der Waals surface area contributed by atoms with Crippen molar-refractivity contribution < 1.29 is 9.90 Å². The van der Waals surface area contributed by atoms with Crippen LogP contribution in [0.3, 0.4) is 0 Å². The molecule has 1 unspecified atom stereocenters. The normalized spacial score (nSPS) is 11.7. The Morgan fingerprint density at radius 2 is 1.90 bits per heavy atom. The SMILES string of the molecule is CN(CC(=O)NCC(O)c1ccccc1)c1ncccn1. The number of aliphatic hydroxyl groups excluding tert-OH is 1. The van der Waals surface area contributed by atoms with Crippen LogP contribution in [0.5, 0.6) is 0 Å². The average molecular weight is 286 g/mol. The lowest BCUT2D eigenvalue weighted by molar-refractivity contribution is -0.120. The molecule has 0 aliphatic carbocycles. The van der Waals surface area contributed by atoms with Gasteiger partial charge in [-0.05, 0) is 11.6 Å². The van der Waals surface area contributed by atoms with E-state index in [1.165, 1.54) is 0 Å². The third-order valence-electron chi connectivity index (χ3n) is 2.95. The van der Waals surface area contributed by atoms with Gasteiger partial charge in [0.15, 0.2) is 0 Å². The lowest BCUT2D eigenvalue weighted by Crippen LogP contribution is -2.37. The van der Waals surface area contributed by atoms with Gasteiger partial charge in [-0.15, -0.1) is 0 Å². The van der Waals surface area contributed by atoms with Crippen molar-refractivity contribution in [1.29, 1.82) is 0 Å². The average Bonchev–Trinajstić information content (AvgIpc) is 2.54. The summed E-state index contributed by atoms with van der Waals surface area (Å²) in [4.78, 5) is 21.6. The molecule has 0 radical (unpaired) electrons. The summed E-state index contributed by atoms with van der Waals surface area (Å²) in [5.74, 6) is 0.288. The number of aromatic nitrogens is 2. The molecule has 0 saturated heterocycles. The van der Waals surface area contributed by atoms with Gasteiger partial charge in [0.1, 0.15) is 0 Å². The molecule has 1 atom stereocenters. The zero-order valence-electron chi connectivity index (χ0n) is 11.8. The molecule has 6 nitrogen and oxygen atoms in total. The molecule has 110 valence electrons. The second-order valence-electron chi connectivity index (χ2n) is 4.64. The van der Waals surface area contributed by atoms with Crippen molar-refractivity contribution in [2.75, 3.05) is 25.0 Å². The van der Waals surface area contributed by atoms with E-state index in [1.54, 1.807) is 30.4 Å². The lowest BCUT2D eigenvalue weighted by Gasteiger charge is -2.17. The molecule has 1 amide bonds. The molecular weight excluding hydrogens is 268 g/mol. The number of hydrogen-bond donors (Lipinski definition) is 2. The Labute approximate surface area is 123 Å². The third-order valence-corrected chi connectivity index (χ3v) is 2.95. The predicted molar refractivity (Wildman–Crippen MR) is 79.7 cm³/mol. The van der Waals surface area contributed by atoms with E-state index >= 15 is 0 Å². The molecule has 1 heterocycles. The van der Waals surface area contributed by atoms with Crippen LogP contribution in [0.15, 0.2) is 48.8 Å². The van der Waals surface area contributed by atoms with Gasteiger partial charge in [-0.25, -0.2) is 9.97 Å². The number of nitrogens with one attached hydrogen (secondary N) is 1. The summed E-state index contributed by atoms with van der Waals surface area (Å²) in [6.45, 7) is 0.303.